The van der Waals surface area contributed by atoms with E-state index in [9.17, 15) is 13.2 Å². The van der Waals surface area contributed by atoms with E-state index >= 15 is 0 Å². The summed E-state index contributed by atoms with van der Waals surface area (Å²) in [6.07, 6.45) is 4.89. The molecule has 0 aliphatic heterocycles. The quantitative estimate of drug-likeness (QED) is 0.682. The summed E-state index contributed by atoms with van der Waals surface area (Å²) in [7, 11) is 0. The maximum atomic E-state index is 14.2. The second-order valence-electron chi connectivity index (χ2n) is 6.80. The number of nitrogens with one attached hydrogen (secondary N) is 1. The molecular weight excluding hydrogens is 353 g/mol. The number of hydrogen-bond donors (Lipinski definition) is 1. The normalized spacial score (nSPS) is 19.1. The maximum absolute atomic E-state index is 14.2. The molecule has 1 aromatic heterocycles. The van der Waals surface area contributed by atoms with Crippen LogP contribution in [0.4, 0.5) is 13.2 Å². The number of ether oxygens (including phenoxy) is 1. The van der Waals surface area contributed by atoms with Gasteiger partial charge in [-0.3, -0.25) is 4.98 Å². The monoisotopic (exact) mass is 372 g/mol. The molecule has 1 saturated carbocycles. The van der Waals surface area contributed by atoms with Crippen molar-refractivity contribution < 1.29 is 17.9 Å². The van der Waals surface area contributed by atoms with Crippen molar-refractivity contribution in [2.75, 3.05) is 0 Å². The van der Waals surface area contributed by atoms with Crippen LogP contribution in [-0.4, -0.2) is 17.1 Å². The molecule has 0 spiro atoms. The van der Waals surface area contributed by atoms with E-state index in [0.29, 0.717) is 17.9 Å². The van der Waals surface area contributed by atoms with Crippen LogP contribution in [0.5, 0.6) is 5.75 Å². The third-order valence-electron chi connectivity index (χ3n) is 5.00. The zero-order chi connectivity index (χ0) is 18.8. The van der Waals surface area contributed by atoms with Gasteiger partial charge in [-0.15, -0.1) is 0 Å². The molecule has 2 aromatic carbocycles. The van der Waals surface area contributed by atoms with Gasteiger partial charge < -0.3 is 10.1 Å². The number of alkyl halides is 1. The van der Waals surface area contributed by atoms with Crippen molar-refractivity contribution in [2.45, 2.75) is 38.2 Å². The molecule has 1 aliphatic rings. The van der Waals surface area contributed by atoms with Crippen molar-refractivity contribution >= 4 is 10.8 Å². The predicted molar refractivity (Wildman–Crippen MR) is 97.2 cm³/mol. The average Bonchev–Trinajstić information content (AvgIpc) is 2.66. The Labute approximate surface area is 155 Å². The second-order valence-corrected chi connectivity index (χ2v) is 6.80. The number of nitrogens with zero attached hydrogens (tertiary/aromatic N) is 1. The highest BCUT2D eigenvalue weighted by molar-refractivity contribution is 5.84. The van der Waals surface area contributed by atoms with E-state index in [1.165, 1.54) is 24.3 Å². The molecule has 0 bridgehead atoms. The molecule has 0 saturated heterocycles. The molecule has 6 heteroatoms. The molecule has 0 unspecified atom stereocenters. The predicted octanol–water partition coefficient (Wildman–Crippen LogP) is 4.68. The lowest BCUT2D eigenvalue weighted by atomic mass is 9.89. The lowest BCUT2D eigenvalue weighted by molar-refractivity contribution is 0.0840. The van der Waals surface area contributed by atoms with E-state index in [4.69, 9.17) is 4.74 Å². The van der Waals surface area contributed by atoms with Crippen LogP contribution in [0.2, 0.25) is 0 Å². The first-order valence-electron chi connectivity index (χ1n) is 8.89. The summed E-state index contributed by atoms with van der Waals surface area (Å²) < 4.78 is 46.0. The van der Waals surface area contributed by atoms with Crippen LogP contribution in [0.15, 0.2) is 48.8 Å². The Morgan fingerprint density at radius 1 is 1.07 bits per heavy atom. The summed E-state index contributed by atoms with van der Waals surface area (Å²) >= 11 is 0. The Kier molecular flexibility index (Phi) is 4.99. The lowest BCUT2D eigenvalue weighted by Gasteiger charge is -2.36. The van der Waals surface area contributed by atoms with Gasteiger partial charge in [-0.25, -0.2) is 13.2 Å². The van der Waals surface area contributed by atoms with E-state index in [-0.39, 0.29) is 23.5 Å². The first-order valence-corrected chi connectivity index (χ1v) is 8.89. The molecule has 140 valence electrons. The van der Waals surface area contributed by atoms with Crippen LogP contribution in [0.25, 0.3) is 10.8 Å². The van der Waals surface area contributed by atoms with Crippen LogP contribution in [-0.2, 0) is 13.2 Å². The molecule has 4 rings (SSSR count). The summed E-state index contributed by atoms with van der Waals surface area (Å²) in [6, 6.07) is 9.35. The van der Waals surface area contributed by atoms with Gasteiger partial charge in [0.1, 0.15) is 30.2 Å². The SMILES string of the molecule is FCc1cc(O[C@H]2C[C@H](NCc3c(F)ccc4cnccc34)C2)ccc1F. The maximum Gasteiger partial charge on any atom is 0.129 e. The van der Waals surface area contributed by atoms with Gasteiger partial charge in [0.25, 0.3) is 0 Å². The van der Waals surface area contributed by atoms with Crippen molar-refractivity contribution in [1.29, 1.82) is 0 Å². The summed E-state index contributed by atoms with van der Waals surface area (Å²) in [5.41, 5.74) is 0.632. The zero-order valence-corrected chi connectivity index (χ0v) is 14.6. The number of pyridine rings is 1. The van der Waals surface area contributed by atoms with Gasteiger partial charge >= 0.3 is 0 Å². The van der Waals surface area contributed by atoms with Crippen molar-refractivity contribution in [3.63, 3.8) is 0 Å². The number of halogens is 3. The Hall–Kier alpha value is -2.60. The molecule has 3 nitrogen and oxygen atoms in total. The fraction of sp³-hybridized carbons (Fsp3) is 0.286. The minimum atomic E-state index is -0.857. The van der Waals surface area contributed by atoms with E-state index in [1.54, 1.807) is 18.5 Å². The minimum absolute atomic E-state index is 0.00224. The van der Waals surface area contributed by atoms with Crippen LogP contribution < -0.4 is 10.1 Å². The Morgan fingerprint density at radius 2 is 1.89 bits per heavy atom. The summed E-state index contributed by atoms with van der Waals surface area (Å²) in [5, 5.41) is 5.12. The molecule has 3 aromatic rings. The number of hydrogen-bond acceptors (Lipinski definition) is 3. The molecule has 1 N–H and O–H groups in total. The highest BCUT2D eigenvalue weighted by atomic mass is 19.1. The third-order valence-corrected chi connectivity index (χ3v) is 5.00. The Balaban J connectivity index is 1.33. The van der Waals surface area contributed by atoms with Crippen LogP contribution >= 0.6 is 0 Å². The van der Waals surface area contributed by atoms with Gasteiger partial charge in [0.15, 0.2) is 0 Å². The molecule has 0 radical (unpaired) electrons. The van der Waals surface area contributed by atoms with E-state index in [0.717, 1.165) is 23.6 Å². The van der Waals surface area contributed by atoms with Crippen LogP contribution in [0.1, 0.15) is 24.0 Å². The highest BCUT2D eigenvalue weighted by Gasteiger charge is 2.30. The van der Waals surface area contributed by atoms with Gasteiger partial charge in [-0.2, -0.15) is 0 Å². The van der Waals surface area contributed by atoms with E-state index in [1.807, 2.05) is 6.07 Å². The van der Waals surface area contributed by atoms with Crippen LogP contribution in [0.3, 0.4) is 0 Å². The minimum Gasteiger partial charge on any atom is -0.490 e. The molecule has 0 amide bonds. The third kappa shape index (κ3) is 3.76. The molecular formula is C21H19F3N2O. The van der Waals surface area contributed by atoms with Gasteiger partial charge in [0, 0.05) is 41.5 Å². The summed E-state index contributed by atoms with van der Waals surface area (Å²) in [5.74, 6) is -0.330. The summed E-state index contributed by atoms with van der Waals surface area (Å²) in [4.78, 5) is 4.07. The zero-order valence-electron chi connectivity index (χ0n) is 14.6. The van der Waals surface area contributed by atoms with Crippen LogP contribution in [0, 0.1) is 11.6 Å². The van der Waals surface area contributed by atoms with Crippen molar-refractivity contribution in [3.05, 3.63) is 71.6 Å². The molecule has 1 heterocycles. The lowest BCUT2D eigenvalue weighted by Crippen LogP contribution is -2.46. The molecule has 0 atom stereocenters. The van der Waals surface area contributed by atoms with E-state index < -0.39 is 12.5 Å². The summed E-state index contributed by atoms with van der Waals surface area (Å²) in [6.45, 7) is -0.433. The molecule has 27 heavy (non-hydrogen) atoms. The fourth-order valence-corrected chi connectivity index (χ4v) is 3.38. The standard InChI is InChI=1S/C21H19F3N2O/c22-10-14-7-16(2-4-20(14)23)27-17-8-15(9-17)26-12-19-18-5-6-25-11-13(18)1-3-21(19)24/h1-7,11,15,17,26H,8-10,12H2/t15-,17-. The van der Waals surface area contributed by atoms with Crippen molar-refractivity contribution in [3.8, 4) is 5.75 Å². The highest BCUT2D eigenvalue weighted by Crippen LogP contribution is 2.28. The number of fused-ring (bicyclic) bond motifs is 1. The first-order chi connectivity index (χ1) is 13.1. The van der Waals surface area contributed by atoms with Crippen molar-refractivity contribution in [2.24, 2.45) is 0 Å². The molecule has 1 aliphatic carbocycles. The second kappa shape index (κ2) is 7.56. The van der Waals surface area contributed by atoms with Gasteiger partial charge in [-0.1, -0.05) is 0 Å². The Bertz CT molecular complexity index is 957. The van der Waals surface area contributed by atoms with Gasteiger partial charge in [0.2, 0.25) is 0 Å². The van der Waals surface area contributed by atoms with Gasteiger partial charge in [0.05, 0.1) is 0 Å². The topological polar surface area (TPSA) is 34.1 Å². The first kappa shape index (κ1) is 17.8. The number of benzene rings is 2. The largest absolute Gasteiger partial charge is 0.490 e. The number of aromatic nitrogens is 1. The average molecular weight is 372 g/mol. The van der Waals surface area contributed by atoms with E-state index in [2.05, 4.69) is 10.3 Å². The van der Waals surface area contributed by atoms with Crippen molar-refractivity contribution in [1.82, 2.24) is 10.3 Å². The number of rotatable bonds is 6. The fourth-order valence-electron chi connectivity index (χ4n) is 3.38. The smallest absolute Gasteiger partial charge is 0.129 e. The molecule has 1 fully saturated rings. The Morgan fingerprint density at radius 3 is 2.70 bits per heavy atom. The van der Waals surface area contributed by atoms with Gasteiger partial charge in [-0.05, 0) is 54.6 Å².